The largest absolute Gasteiger partial charge is 0.310 e. The summed E-state index contributed by atoms with van der Waals surface area (Å²) in [7, 11) is 0. The molecule has 0 heterocycles. The molecular formula is C50H33N. The minimum atomic E-state index is 1.13. The molecule has 0 aromatic heterocycles. The highest BCUT2D eigenvalue weighted by Crippen LogP contribution is 2.51. The fourth-order valence-corrected chi connectivity index (χ4v) is 7.80. The number of anilines is 3. The van der Waals surface area contributed by atoms with E-state index in [1.165, 1.54) is 77.2 Å². The van der Waals surface area contributed by atoms with Crippen LogP contribution in [0.2, 0.25) is 0 Å². The van der Waals surface area contributed by atoms with E-state index in [2.05, 4.69) is 205 Å². The molecule has 0 radical (unpaired) electrons. The molecule has 0 saturated heterocycles. The lowest BCUT2D eigenvalue weighted by Crippen LogP contribution is -2.10. The van der Waals surface area contributed by atoms with Gasteiger partial charge >= 0.3 is 0 Å². The summed E-state index contributed by atoms with van der Waals surface area (Å²) in [5.41, 5.74) is 16.1. The van der Waals surface area contributed by atoms with Gasteiger partial charge in [-0.3, -0.25) is 0 Å². The van der Waals surface area contributed by atoms with Crippen molar-refractivity contribution in [3.8, 4) is 55.6 Å². The number of hydrogen-bond acceptors (Lipinski definition) is 1. The fraction of sp³-hybridized carbons (Fsp3) is 0. The number of fused-ring (bicyclic) bond motifs is 6. The van der Waals surface area contributed by atoms with E-state index >= 15 is 0 Å². The molecule has 1 heteroatoms. The van der Waals surface area contributed by atoms with Gasteiger partial charge < -0.3 is 4.90 Å². The normalized spacial score (nSPS) is 11.5. The van der Waals surface area contributed by atoms with Crippen molar-refractivity contribution in [2.24, 2.45) is 0 Å². The van der Waals surface area contributed by atoms with Gasteiger partial charge in [0.1, 0.15) is 0 Å². The van der Waals surface area contributed by atoms with Crippen LogP contribution in [0.25, 0.3) is 77.2 Å². The van der Waals surface area contributed by atoms with E-state index in [-0.39, 0.29) is 0 Å². The predicted molar refractivity (Wildman–Crippen MR) is 217 cm³/mol. The molecule has 0 atom stereocenters. The smallest absolute Gasteiger partial charge is 0.0468 e. The Morgan fingerprint density at radius 3 is 1.16 bits per heavy atom. The molecule has 0 bridgehead atoms. The maximum Gasteiger partial charge on any atom is 0.0468 e. The lowest BCUT2D eigenvalue weighted by Gasteiger charge is -2.28. The minimum Gasteiger partial charge on any atom is -0.310 e. The van der Waals surface area contributed by atoms with E-state index < -0.39 is 0 Å². The summed E-state index contributed by atoms with van der Waals surface area (Å²) in [4.78, 5) is 2.36. The zero-order valence-electron chi connectivity index (χ0n) is 28.0. The van der Waals surface area contributed by atoms with Crippen molar-refractivity contribution in [1.82, 2.24) is 0 Å². The Labute approximate surface area is 298 Å². The topological polar surface area (TPSA) is 3.24 Å². The second-order valence-electron chi connectivity index (χ2n) is 13.4. The third-order valence-corrected chi connectivity index (χ3v) is 10.3. The molecule has 0 amide bonds. The number of hydrogen-bond donors (Lipinski definition) is 0. The summed E-state index contributed by atoms with van der Waals surface area (Å²) in [6.45, 7) is 0. The van der Waals surface area contributed by atoms with Gasteiger partial charge in [-0.15, -0.1) is 0 Å². The average Bonchev–Trinajstić information content (AvgIpc) is 3.21. The first-order valence-electron chi connectivity index (χ1n) is 17.6. The maximum absolute atomic E-state index is 2.40. The van der Waals surface area contributed by atoms with Crippen molar-refractivity contribution in [3.63, 3.8) is 0 Å². The van der Waals surface area contributed by atoms with Crippen LogP contribution in [0, 0.1) is 0 Å². The monoisotopic (exact) mass is 647 g/mol. The predicted octanol–water partition coefficient (Wildman–Crippen LogP) is 14.1. The molecule has 1 aliphatic carbocycles. The molecule has 0 spiro atoms. The third kappa shape index (κ3) is 5.10. The zero-order valence-corrected chi connectivity index (χ0v) is 28.0. The van der Waals surface area contributed by atoms with Crippen LogP contribution in [-0.4, -0.2) is 0 Å². The summed E-state index contributed by atoms with van der Waals surface area (Å²) >= 11 is 0. The molecule has 1 aliphatic rings. The van der Waals surface area contributed by atoms with Gasteiger partial charge in [0.05, 0.1) is 0 Å². The quantitative estimate of drug-likeness (QED) is 0.174. The van der Waals surface area contributed by atoms with Crippen molar-refractivity contribution in [2.75, 3.05) is 4.90 Å². The van der Waals surface area contributed by atoms with Crippen LogP contribution in [0.15, 0.2) is 200 Å². The number of nitrogens with zero attached hydrogens (tertiary/aromatic N) is 1. The summed E-state index contributed by atoms with van der Waals surface area (Å²) in [5, 5.41) is 5.02. The average molecular weight is 648 g/mol. The molecule has 9 aromatic rings. The van der Waals surface area contributed by atoms with Crippen molar-refractivity contribution in [3.05, 3.63) is 200 Å². The Kier molecular flexibility index (Phi) is 6.89. The summed E-state index contributed by atoms with van der Waals surface area (Å²) in [6, 6.07) is 72.8. The van der Waals surface area contributed by atoms with Gasteiger partial charge in [0.25, 0.3) is 0 Å². The second-order valence-corrected chi connectivity index (χ2v) is 13.4. The molecule has 0 N–H and O–H groups in total. The SMILES string of the molecule is c1ccc(-c2cccc(N(c3ccccc3)c3ccc4cc5c(cc4c3)-c3cc4cc(-c6ccccc6)c(-c6ccccc6)cc4cc3-5)c2)cc1. The molecule has 1 nitrogen and oxygen atoms in total. The van der Waals surface area contributed by atoms with Crippen LogP contribution in [-0.2, 0) is 0 Å². The standard InChI is InChI=1S/C50H33N/c1-5-14-34(15-6-1)37-20-13-23-43(26-37)51(42-21-11-4-12-22-42)44-25-24-38-28-47-48(31-39(38)27-44)50-33-41-30-46(36-18-9-3-10-19-36)45(29-40(41)32-49(47)50)35-16-7-2-8-17-35/h1-33H. The van der Waals surface area contributed by atoms with Gasteiger partial charge in [-0.1, -0.05) is 127 Å². The van der Waals surface area contributed by atoms with E-state index in [4.69, 9.17) is 0 Å². The molecule has 0 aliphatic heterocycles. The minimum absolute atomic E-state index is 1.13. The van der Waals surface area contributed by atoms with E-state index in [0.717, 1.165) is 17.1 Å². The van der Waals surface area contributed by atoms with Crippen molar-refractivity contribution >= 4 is 38.6 Å². The lowest BCUT2D eigenvalue weighted by molar-refractivity contribution is 1.29. The highest BCUT2D eigenvalue weighted by molar-refractivity contribution is 6.13. The number of rotatable bonds is 6. The molecule has 51 heavy (non-hydrogen) atoms. The van der Waals surface area contributed by atoms with Gasteiger partial charge in [-0.25, -0.2) is 0 Å². The fourth-order valence-electron chi connectivity index (χ4n) is 7.80. The van der Waals surface area contributed by atoms with Gasteiger partial charge in [0.2, 0.25) is 0 Å². The van der Waals surface area contributed by atoms with Crippen LogP contribution >= 0.6 is 0 Å². The van der Waals surface area contributed by atoms with Gasteiger partial charge in [-0.2, -0.15) is 0 Å². The molecule has 0 fully saturated rings. The van der Waals surface area contributed by atoms with Crippen LogP contribution in [0.4, 0.5) is 17.1 Å². The first-order chi connectivity index (χ1) is 25.3. The summed E-state index contributed by atoms with van der Waals surface area (Å²) in [5.74, 6) is 0. The van der Waals surface area contributed by atoms with Crippen LogP contribution in [0.5, 0.6) is 0 Å². The highest BCUT2D eigenvalue weighted by Gasteiger charge is 2.25. The first kappa shape index (κ1) is 29.2. The second kappa shape index (κ2) is 12.0. The van der Waals surface area contributed by atoms with Crippen molar-refractivity contribution in [1.29, 1.82) is 0 Å². The van der Waals surface area contributed by atoms with Crippen LogP contribution in [0.3, 0.4) is 0 Å². The Morgan fingerprint density at radius 1 is 0.216 bits per heavy atom. The van der Waals surface area contributed by atoms with Gasteiger partial charge in [0, 0.05) is 17.1 Å². The third-order valence-electron chi connectivity index (χ3n) is 10.3. The lowest BCUT2D eigenvalue weighted by atomic mass is 9.77. The molecule has 10 rings (SSSR count). The number of para-hydroxylation sites is 1. The zero-order chi connectivity index (χ0) is 33.7. The maximum atomic E-state index is 2.40. The molecular weight excluding hydrogens is 615 g/mol. The molecule has 9 aromatic carbocycles. The Balaban J connectivity index is 1.08. The van der Waals surface area contributed by atoms with Gasteiger partial charge in [0.15, 0.2) is 0 Å². The summed E-state index contributed by atoms with van der Waals surface area (Å²) in [6.07, 6.45) is 0. The van der Waals surface area contributed by atoms with Crippen LogP contribution < -0.4 is 4.90 Å². The van der Waals surface area contributed by atoms with Crippen molar-refractivity contribution < 1.29 is 0 Å². The van der Waals surface area contributed by atoms with Crippen LogP contribution in [0.1, 0.15) is 0 Å². The van der Waals surface area contributed by atoms with E-state index in [9.17, 15) is 0 Å². The van der Waals surface area contributed by atoms with E-state index in [1.54, 1.807) is 0 Å². The Morgan fingerprint density at radius 2 is 0.608 bits per heavy atom. The molecule has 238 valence electrons. The first-order valence-corrected chi connectivity index (χ1v) is 17.6. The number of benzene rings is 9. The molecule has 0 unspecified atom stereocenters. The Hall–Kier alpha value is -6.70. The Bertz CT molecular complexity index is 2710. The summed E-state index contributed by atoms with van der Waals surface area (Å²) < 4.78 is 0. The van der Waals surface area contributed by atoms with E-state index in [0.29, 0.717) is 0 Å². The van der Waals surface area contributed by atoms with E-state index in [1.807, 2.05) is 0 Å². The highest BCUT2D eigenvalue weighted by atomic mass is 15.1. The van der Waals surface area contributed by atoms with Crippen molar-refractivity contribution in [2.45, 2.75) is 0 Å². The van der Waals surface area contributed by atoms with Gasteiger partial charge in [-0.05, 0) is 150 Å². The molecule has 0 saturated carbocycles.